The van der Waals surface area contributed by atoms with Gasteiger partial charge in [0.1, 0.15) is 17.5 Å². The monoisotopic (exact) mass is 342 g/mol. The Morgan fingerprint density at radius 1 is 1.24 bits per heavy atom. The van der Waals surface area contributed by atoms with E-state index in [1.807, 2.05) is 12.1 Å². The van der Waals surface area contributed by atoms with E-state index in [-0.39, 0.29) is 5.41 Å². The maximum Gasteiger partial charge on any atom is 0.216 e. The van der Waals surface area contributed by atoms with Crippen LogP contribution in [0.5, 0.6) is 0 Å². The molecular weight excluding hydrogens is 320 g/mol. The van der Waals surface area contributed by atoms with Gasteiger partial charge in [-0.1, -0.05) is 20.8 Å². The smallest absolute Gasteiger partial charge is 0.216 e. The molecule has 0 saturated carbocycles. The summed E-state index contributed by atoms with van der Waals surface area (Å²) in [6, 6.07) is 5.50. The lowest BCUT2D eigenvalue weighted by atomic mass is 9.95. The maximum atomic E-state index is 5.29. The molecule has 3 heterocycles. The van der Waals surface area contributed by atoms with Crippen molar-refractivity contribution in [3.8, 4) is 11.6 Å². The van der Waals surface area contributed by atoms with Crippen LogP contribution in [-0.4, -0.2) is 32.3 Å². The number of nitrogens with zero attached hydrogens (tertiary/aromatic N) is 4. The highest BCUT2D eigenvalue weighted by atomic mass is 16.5. The number of hydrogen-bond donors (Lipinski definition) is 2. The maximum absolute atomic E-state index is 5.29. The molecule has 0 radical (unpaired) electrons. The number of rotatable bonds is 6. The van der Waals surface area contributed by atoms with E-state index in [0.717, 1.165) is 17.3 Å². The summed E-state index contributed by atoms with van der Waals surface area (Å²) in [5.74, 6) is 3.33. The summed E-state index contributed by atoms with van der Waals surface area (Å²) in [6.45, 7) is 7.13. The van der Waals surface area contributed by atoms with Gasteiger partial charge in [-0.15, -0.1) is 5.10 Å². The number of aromatic nitrogens is 5. The van der Waals surface area contributed by atoms with Crippen molar-refractivity contribution in [1.29, 1.82) is 0 Å². The average Bonchev–Trinajstić information content (AvgIpc) is 3.23. The summed E-state index contributed by atoms with van der Waals surface area (Å²) in [5, 5.41) is 10.3. The lowest BCUT2D eigenvalue weighted by Gasteiger charge is -2.18. The largest absolute Gasteiger partial charge is 0.461 e. The van der Waals surface area contributed by atoms with Gasteiger partial charge < -0.3 is 14.5 Å². The van der Waals surface area contributed by atoms with Gasteiger partial charge in [-0.25, -0.2) is 15.0 Å². The molecule has 3 aromatic heterocycles. The number of nitrogens with one attached hydrogen (secondary N) is 2. The Balaban J connectivity index is 1.75. The Labute approximate surface area is 146 Å². The first-order valence-electron chi connectivity index (χ1n) is 8.02. The number of methoxy groups -OCH3 is 1. The zero-order chi connectivity index (χ0) is 17.9. The highest BCUT2D eigenvalue weighted by Crippen LogP contribution is 2.21. The lowest BCUT2D eigenvalue weighted by Crippen LogP contribution is -2.18. The van der Waals surface area contributed by atoms with Crippen LogP contribution in [0.1, 0.15) is 38.1 Å². The molecule has 8 heteroatoms. The molecule has 2 N–H and O–H groups in total. The summed E-state index contributed by atoms with van der Waals surface area (Å²) in [5.41, 5.74) is 0.678. The average molecular weight is 342 g/mol. The van der Waals surface area contributed by atoms with Crippen molar-refractivity contribution in [3.05, 3.63) is 41.8 Å². The van der Waals surface area contributed by atoms with Crippen molar-refractivity contribution in [3.63, 3.8) is 0 Å². The third-order valence-corrected chi connectivity index (χ3v) is 3.45. The van der Waals surface area contributed by atoms with Gasteiger partial charge in [-0.3, -0.25) is 5.10 Å². The third-order valence-electron chi connectivity index (χ3n) is 3.45. The van der Waals surface area contributed by atoms with Gasteiger partial charge in [0.2, 0.25) is 5.82 Å². The standard InChI is InChI=1S/C17H22N6O2/c1-17(2,3)16-19-11(10-24-4)8-13(21-16)18-9-14-20-15(23-22-14)12-6-5-7-25-12/h5-8H,9-10H2,1-4H3,(H,18,19,21)(H,20,22,23). The summed E-state index contributed by atoms with van der Waals surface area (Å²) in [4.78, 5) is 13.6. The minimum Gasteiger partial charge on any atom is -0.461 e. The zero-order valence-corrected chi connectivity index (χ0v) is 14.8. The van der Waals surface area contributed by atoms with Crippen molar-refractivity contribution in [2.75, 3.05) is 12.4 Å². The van der Waals surface area contributed by atoms with Crippen LogP contribution in [0.15, 0.2) is 28.9 Å². The number of furan rings is 1. The van der Waals surface area contributed by atoms with Crippen molar-refractivity contribution in [2.24, 2.45) is 0 Å². The van der Waals surface area contributed by atoms with Gasteiger partial charge in [-0.2, -0.15) is 0 Å². The van der Waals surface area contributed by atoms with Crippen LogP contribution in [-0.2, 0) is 23.3 Å². The first kappa shape index (κ1) is 17.1. The molecule has 0 saturated heterocycles. The van der Waals surface area contributed by atoms with Crippen molar-refractivity contribution < 1.29 is 9.15 Å². The first-order valence-corrected chi connectivity index (χ1v) is 8.02. The van der Waals surface area contributed by atoms with Crippen LogP contribution >= 0.6 is 0 Å². The normalized spacial score (nSPS) is 11.7. The SMILES string of the molecule is COCc1cc(NCc2nc(-c3ccco3)n[nH]2)nc(C(C)(C)C)n1. The van der Waals surface area contributed by atoms with Gasteiger partial charge in [0.25, 0.3) is 0 Å². The van der Waals surface area contributed by atoms with Crippen LogP contribution in [0.3, 0.4) is 0 Å². The third kappa shape index (κ3) is 4.21. The molecule has 0 fully saturated rings. The van der Waals surface area contributed by atoms with Crippen LogP contribution < -0.4 is 5.32 Å². The summed E-state index contributed by atoms with van der Waals surface area (Å²) in [7, 11) is 1.65. The Bertz CT molecular complexity index is 820. The van der Waals surface area contributed by atoms with E-state index in [4.69, 9.17) is 9.15 Å². The molecule has 0 aromatic carbocycles. The van der Waals surface area contributed by atoms with Gasteiger partial charge in [0.05, 0.1) is 25.1 Å². The van der Waals surface area contributed by atoms with Gasteiger partial charge in [0.15, 0.2) is 5.76 Å². The molecule has 0 unspecified atom stereocenters. The number of ether oxygens (including phenoxy) is 1. The number of aromatic amines is 1. The molecule has 0 amide bonds. The molecule has 132 valence electrons. The second-order valence-electron chi connectivity index (χ2n) is 6.69. The molecule has 0 aliphatic rings. The molecule has 0 spiro atoms. The van der Waals surface area contributed by atoms with E-state index in [2.05, 4.69) is 51.2 Å². The Morgan fingerprint density at radius 2 is 2.08 bits per heavy atom. The summed E-state index contributed by atoms with van der Waals surface area (Å²) in [6.07, 6.45) is 1.59. The zero-order valence-electron chi connectivity index (χ0n) is 14.8. The fraction of sp³-hybridized carbons (Fsp3) is 0.412. The highest BCUT2D eigenvalue weighted by Gasteiger charge is 2.19. The number of hydrogen-bond acceptors (Lipinski definition) is 7. The Hall–Kier alpha value is -2.74. The topological polar surface area (TPSA) is 102 Å². The fourth-order valence-electron chi connectivity index (χ4n) is 2.21. The van der Waals surface area contributed by atoms with E-state index >= 15 is 0 Å². The van der Waals surface area contributed by atoms with Crippen LogP contribution in [0.25, 0.3) is 11.6 Å². The Kier molecular flexibility index (Phi) is 4.80. The first-order chi connectivity index (χ1) is 12.0. The van der Waals surface area contributed by atoms with Crippen LogP contribution in [0.4, 0.5) is 5.82 Å². The quantitative estimate of drug-likeness (QED) is 0.710. The van der Waals surface area contributed by atoms with E-state index < -0.39 is 0 Å². The predicted octanol–water partition coefficient (Wildman–Crippen LogP) is 2.91. The van der Waals surface area contributed by atoms with E-state index in [9.17, 15) is 0 Å². The molecular formula is C17H22N6O2. The predicted molar refractivity (Wildman–Crippen MR) is 92.9 cm³/mol. The van der Waals surface area contributed by atoms with Gasteiger partial charge >= 0.3 is 0 Å². The minimum atomic E-state index is -0.154. The van der Waals surface area contributed by atoms with Crippen molar-refractivity contribution in [1.82, 2.24) is 25.1 Å². The van der Waals surface area contributed by atoms with E-state index in [1.54, 1.807) is 19.4 Å². The molecule has 8 nitrogen and oxygen atoms in total. The fourth-order valence-corrected chi connectivity index (χ4v) is 2.21. The molecule has 0 aliphatic carbocycles. The minimum absolute atomic E-state index is 0.154. The van der Waals surface area contributed by atoms with E-state index in [1.165, 1.54) is 0 Å². The number of H-pyrrole nitrogens is 1. The number of anilines is 1. The molecule has 0 atom stereocenters. The second kappa shape index (κ2) is 7.02. The highest BCUT2D eigenvalue weighted by molar-refractivity contribution is 5.45. The van der Waals surface area contributed by atoms with Gasteiger partial charge in [0, 0.05) is 18.6 Å². The molecule has 3 rings (SSSR count). The van der Waals surface area contributed by atoms with Gasteiger partial charge in [-0.05, 0) is 12.1 Å². The summed E-state index contributed by atoms with van der Waals surface area (Å²) >= 11 is 0. The van der Waals surface area contributed by atoms with Crippen molar-refractivity contribution >= 4 is 5.82 Å². The molecule has 3 aromatic rings. The van der Waals surface area contributed by atoms with Crippen LogP contribution in [0.2, 0.25) is 0 Å². The second-order valence-corrected chi connectivity index (χ2v) is 6.69. The molecule has 0 bridgehead atoms. The van der Waals surface area contributed by atoms with Crippen molar-refractivity contribution in [2.45, 2.75) is 39.3 Å². The molecule has 25 heavy (non-hydrogen) atoms. The van der Waals surface area contributed by atoms with E-state index in [0.29, 0.717) is 30.6 Å². The molecule has 0 aliphatic heterocycles. The Morgan fingerprint density at radius 3 is 2.76 bits per heavy atom. The van der Waals surface area contributed by atoms with Crippen LogP contribution in [0, 0.1) is 0 Å². The summed E-state index contributed by atoms with van der Waals surface area (Å²) < 4.78 is 10.5. The lowest BCUT2D eigenvalue weighted by molar-refractivity contribution is 0.181.